The van der Waals surface area contributed by atoms with Gasteiger partial charge in [0.15, 0.2) is 0 Å². The van der Waals surface area contributed by atoms with E-state index in [-0.39, 0.29) is 18.1 Å². The van der Waals surface area contributed by atoms with E-state index < -0.39 is 8.32 Å². The second-order valence-corrected chi connectivity index (χ2v) is 14.8. The number of amides is 1. The van der Waals surface area contributed by atoms with Crippen LogP contribution in [0.25, 0.3) is 0 Å². The van der Waals surface area contributed by atoms with Gasteiger partial charge in [-0.3, -0.25) is 4.79 Å². The molecule has 2 atom stereocenters. The van der Waals surface area contributed by atoms with E-state index in [2.05, 4.69) is 59.7 Å². The molecule has 0 unspecified atom stereocenters. The van der Waals surface area contributed by atoms with E-state index in [4.69, 9.17) is 9.16 Å². The number of rotatable bonds is 5. The fourth-order valence-electron chi connectivity index (χ4n) is 5.70. The number of carbonyl (C=O) groups is 1. The molecule has 1 saturated heterocycles. The van der Waals surface area contributed by atoms with Crippen molar-refractivity contribution in [3.63, 3.8) is 0 Å². The SMILES string of the molecule is CC(=O)N1CCO[C@@H]2c3cc(O[Si](C(C)C)(C(C)C)C(C)C)ccc3CC[C@@H]21. The lowest BCUT2D eigenvalue weighted by Gasteiger charge is -2.45. The second kappa shape index (κ2) is 8.19. The smallest absolute Gasteiger partial charge is 0.258 e. The molecule has 4 nitrogen and oxygen atoms in total. The Balaban J connectivity index is 1.95. The summed E-state index contributed by atoms with van der Waals surface area (Å²) in [6.45, 7) is 16.9. The molecule has 1 heterocycles. The number of carbonyl (C=O) groups excluding carboxylic acids is 1. The number of hydrogen-bond acceptors (Lipinski definition) is 3. The summed E-state index contributed by atoms with van der Waals surface area (Å²) in [5, 5.41) is 0. The lowest BCUT2D eigenvalue weighted by molar-refractivity contribution is -0.145. The molecule has 2 aliphatic rings. The van der Waals surface area contributed by atoms with E-state index in [9.17, 15) is 4.79 Å². The molecular weight excluding hydrogens is 366 g/mol. The van der Waals surface area contributed by atoms with Gasteiger partial charge in [0, 0.05) is 13.5 Å². The van der Waals surface area contributed by atoms with Crippen LogP contribution in [-0.2, 0) is 16.0 Å². The van der Waals surface area contributed by atoms with Gasteiger partial charge in [-0.1, -0.05) is 47.6 Å². The first-order valence-electron chi connectivity index (χ1n) is 10.9. The van der Waals surface area contributed by atoms with Crippen molar-refractivity contribution >= 4 is 14.2 Å². The van der Waals surface area contributed by atoms with Crippen molar-refractivity contribution in [1.29, 1.82) is 0 Å². The van der Waals surface area contributed by atoms with E-state index in [0.717, 1.165) is 18.6 Å². The Morgan fingerprint density at radius 1 is 1.14 bits per heavy atom. The highest BCUT2D eigenvalue weighted by Crippen LogP contribution is 2.44. The second-order valence-electron chi connectivity index (χ2n) is 9.39. The van der Waals surface area contributed by atoms with E-state index in [1.54, 1.807) is 6.92 Å². The van der Waals surface area contributed by atoms with E-state index in [1.165, 1.54) is 11.1 Å². The van der Waals surface area contributed by atoms with Crippen molar-refractivity contribution in [3.8, 4) is 5.75 Å². The normalized spacial score (nSPS) is 22.4. The van der Waals surface area contributed by atoms with Gasteiger partial charge in [-0.15, -0.1) is 0 Å². The Labute approximate surface area is 171 Å². The van der Waals surface area contributed by atoms with Gasteiger partial charge in [-0.2, -0.15) is 0 Å². The molecular formula is C23H37NO3Si. The molecule has 0 spiro atoms. The van der Waals surface area contributed by atoms with E-state index >= 15 is 0 Å². The Kier molecular flexibility index (Phi) is 6.25. The van der Waals surface area contributed by atoms with Crippen molar-refractivity contribution in [2.75, 3.05) is 13.2 Å². The molecule has 3 rings (SSSR count). The molecule has 1 aromatic rings. The molecule has 0 N–H and O–H groups in total. The number of fused-ring (bicyclic) bond motifs is 3. The van der Waals surface area contributed by atoms with E-state index in [1.807, 2.05) is 4.90 Å². The molecule has 1 aliphatic heterocycles. The summed E-state index contributed by atoms with van der Waals surface area (Å²) in [4.78, 5) is 14.1. The summed E-state index contributed by atoms with van der Waals surface area (Å²) < 4.78 is 13.1. The first-order chi connectivity index (χ1) is 13.2. The Morgan fingerprint density at radius 3 is 2.36 bits per heavy atom. The quantitative estimate of drug-likeness (QED) is 0.611. The molecule has 28 heavy (non-hydrogen) atoms. The summed E-state index contributed by atoms with van der Waals surface area (Å²) in [7, 11) is -1.99. The molecule has 0 radical (unpaired) electrons. The highest BCUT2D eigenvalue weighted by atomic mass is 28.4. The third-order valence-corrected chi connectivity index (χ3v) is 12.9. The van der Waals surface area contributed by atoms with Crippen molar-refractivity contribution in [1.82, 2.24) is 4.90 Å². The fourth-order valence-corrected chi connectivity index (χ4v) is 10.9. The van der Waals surface area contributed by atoms with Crippen molar-refractivity contribution in [2.45, 2.75) is 90.1 Å². The first-order valence-corrected chi connectivity index (χ1v) is 13.0. The third kappa shape index (κ3) is 3.63. The Hall–Kier alpha value is -1.33. The average molecular weight is 404 g/mol. The van der Waals surface area contributed by atoms with Crippen LogP contribution in [0.4, 0.5) is 0 Å². The minimum absolute atomic E-state index is 0.0295. The lowest BCUT2D eigenvalue weighted by Crippen LogP contribution is -2.51. The summed E-state index contributed by atoms with van der Waals surface area (Å²) in [5.41, 5.74) is 4.17. The molecule has 0 bridgehead atoms. The fraction of sp³-hybridized carbons (Fsp3) is 0.696. The van der Waals surface area contributed by atoms with Gasteiger partial charge in [-0.05, 0) is 52.7 Å². The molecule has 156 valence electrons. The van der Waals surface area contributed by atoms with Crippen LogP contribution in [0.3, 0.4) is 0 Å². The molecule has 5 heteroatoms. The van der Waals surface area contributed by atoms with Crippen LogP contribution < -0.4 is 4.43 Å². The minimum Gasteiger partial charge on any atom is -0.543 e. The van der Waals surface area contributed by atoms with Crippen molar-refractivity contribution in [3.05, 3.63) is 29.3 Å². The van der Waals surface area contributed by atoms with Gasteiger partial charge < -0.3 is 14.1 Å². The van der Waals surface area contributed by atoms with Gasteiger partial charge in [0.2, 0.25) is 5.91 Å². The third-order valence-electron chi connectivity index (χ3n) is 6.92. The van der Waals surface area contributed by atoms with E-state index in [0.29, 0.717) is 29.8 Å². The minimum atomic E-state index is -1.99. The predicted molar refractivity (Wildman–Crippen MR) is 116 cm³/mol. The number of morpholine rings is 1. The molecule has 1 aliphatic carbocycles. The van der Waals surface area contributed by atoms with Crippen LogP contribution >= 0.6 is 0 Å². The van der Waals surface area contributed by atoms with Crippen LogP contribution in [-0.4, -0.2) is 38.3 Å². The maximum atomic E-state index is 12.1. The van der Waals surface area contributed by atoms with Crippen LogP contribution in [0.1, 0.15) is 72.1 Å². The molecule has 0 aromatic heterocycles. The van der Waals surface area contributed by atoms with Gasteiger partial charge in [0.25, 0.3) is 8.32 Å². The van der Waals surface area contributed by atoms with Crippen LogP contribution in [0.15, 0.2) is 18.2 Å². The largest absolute Gasteiger partial charge is 0.543 e. The van der Waals surface area contributed by atoms with Crippen LogP contribution in [0, 0.1) is 0 Å². The van der Waals surface area contributed by atoms with Gasteiger partial charge >= 0.3 is 0 Å². The number of ether oxygens (including phenoxy) is 1. The van der Waals surface area contributed by atoms with Crippen molar-refractivity contribution < 1.29 is 14.0 Å². The number of aryl methyl sites for hydroxylation is 1. The summed E-state index contributed by atoms with van der Waals surface area (Å²) >= 11 is 0. The highest BCUT2D eigenvalue weighted by molar-refractivity contribution is 6.78. The number of nitrogens with zero attached hydrogens (tertiary/aromatic N) is 1. The molecule has 1 amide bonds. The maximum Gasteiger partial charge on any atom is 0.258 e. The highest BCUT2D eigenvalue weighted by Gasteiger charge is 2.47. The van der Waals surface area contributed by atoms with Crippen LogP contribution in [0.5, 0.6) is 5.75 Å². The topological polar surface area (TPSA) is 38.8 Å². The molecule has 0 saturated carbocycles. The Bertz CT molecular complexity index is 694. The number of hydrogen-bond donors (Lipinski definition) is 0. The van der Waals surface area contributed by atoms with Crippen LogP contribution in [0.2, 0.25) is 16.6 Å². The van der Waals surface area contributed by atoms with Crippen molar-refractivity contribution in [2.24, 2.45) is 0 Å². The lowest BCUT2D eigenvalue weighted by atomic mass is 9.84. The summed E-state index contributed by atoms with van der Waals surface area (Å²) in [5.74, 6) is 1.13. The zero-order valence-electron chi connectivity index (χ0n) is 18.6. The van der Waals surface area contributed by atoms with Gasteiger partial charge in [0.05, 0.1) is 12.6 Å². The monoisotopic (exact) mass is 403 g/mol. The zero-order chi connectivity index (χ0) is 20.6. The number of benzene rings is 1. The molecule has 1 aromatic carbocycles. The summed E-state index contributed by atoms with van der Waals surface area (Å²) in [6, 6.07) is 6.73. The van der Waals surface area contributed by atoms with Gasteiger partial charge in [-0.25, -0.2) is 0 Å². The van der Waals surface area contributed by atoms with Gasteiger partial charge in [0.1, 0.15) is 11.9 Å². The zero-order valence-corrected chi connectivity index (χ0v) is 19.6. The summed E-state index contributed by atoms with van der Waals surface area (Å²) in [6.07, 6.45) is 1.93. The molecule has 1 fully saturated rings. The standard InChI is InChI=1S/C23H37NO3Si/c1-15(2)28(16(3)4,17(5)6)27-20-10-8-19-9-11-22-23(21(19)14-20)26-13-12-24(22)18(7)25/h8,10,14-17,22-23H,9,11-13H2,1-7H3/t22-,23+/m0/s1. The average Bonchev–Trinajstić information content (AvgIpc) is 2.64. The Morgan fingerprint density at radius 2 is 1.79 bits per heavy atom. The first kappa shape index (κ1) is 21.4. The maximum absolute atomic E-state index is 12.1. The predicted octanol–water partition coefficient (Wildman–Crippen LogP) is 5.48.